The average Bonchev–Trinajstić information content (AvgIpc) is 3.20. The van der Waals surface area contributed by atoms with Gasteiger partial charge in [0.2, 0.25) is 0 Å². The Bertz CT molecular complexity index is 525. The van der Waals surface area contributed by atoms with Crippen molar-refractivity contribution >= 4 is 22.6 Å². The number of ether oxygens (including phenoxy) is 1. The van der Waals surface area contributed by atoms with E-state index >= 15 is 0 Å². The molecule has 20 heavy (non-hydrogen) atoms. The van der Waals surface area contributed by atoms with E-state index in [0.29, 0.717) is 0 Å². The van der Waals surface area contributed by atoms with Gasteiger partial charge in [0.1, 0.15) is 9.53 Å². The molecule has 1 aromatic rings. The summed E-state index contributed by atoms with van der Waals surface area (Å²) >= 11 is 2.37. The Morgan fingerprint density at radius 2 is 2.00 bits per heavy atom. The lowest BCUT2D eigenvalue weighted by molar-refractivity contribution is -0.0616. The number of likely N-dealkylation sites (tertiary alicyclic amines) is 1. The van der Waals surface area contributed by atoms with E-state index in [4.69, 9.17) is 9.72 Å². The molecule has 2 saturated carbocycles. The van der Waals surface area contributed by atoms with Gasteiger partial charge in [-0.05, 0) is 53.2 Å². The number of imidazole rings is 1. The van der Waals surface area contributed by atoms with Gasteiger partial charge in [-0.2, -0.15) is 0 Å². The van der Waals surface area contributed by atoms with Crippen molar-refractivity contribution in [3.05, 3.63) is 15.7 Å². The molecule has 1 aromatic heterocycles. The molecule has 0 unspecified atom stereocenters. The molecule has 4 fully saturated rings. The molecule has 0 radical (unpaired) electrons. The van der Waals surface area contributed by atoms with E-state index in [2.05, 4.69) is 38.3 Å². The van der Waals surface area contributed by atoms with Crippen LogP contribution in [0.25, 0.3) is 0 Å². The summed E-state index contributed by atoms with van der Waals surface area (Å²) in [4.78, 5) is 7.43. The monoisotopic (exact) mass is 385 g/mol. The van der Waals surface area contributed by atoms with Crippen LogP contribution in [0, 0.1) is 21.5 Å². The lowest BCUT2D eigenvalue weighted by Gasteiger charge is -2.36. The minimum Gasteiger partial charge on any atom is -0.378 e. The number of nitrogens with zero attached hydrogens (tertiary/aromatic N) is 3. The predicted molar refractivity (Wildman–Crippen MR) is 83.6 cm³/mol. The van der Waals surface area contributed by atoms with Crippen LogP contribution in [0.2, 0.25) is 0 Å². The molecule has 0 amide bonds. The zero-order valence-electron chi connectivity index (χ0n) is 11.5. The number of hydrogen-bond acceptors (Lipinski definition) is 3. The second kappa shape index (κ2) is 4.43. The van der Waals surface area contributed by atoms with Gasteiger partial charge < -0.3 is 9.30 Å². The highest BCUT2D eigenvalue weighted by atomic mass is 127. The van der Waals surface area contributed by atoms with E-state index in [1.165, 1.54) is 41.9 Å². The molecule has 3 heterocycles. The standard InChI is InChI=1S/C15H20IN3O/c16-13-6-19(14(17-13)3-9-1-2-9)15-11-4-18(5-12(11)15)10-7-20-8-10/h6,9-12,15H,1-5,7-8H2/t11-,12+,15+. The second-order valence-electron chi connectivity index (χ2n) is 7.00. The number of piperidine rings is 1. The van der Waals surface area contributed by atoms with Crippen LogP contribution >= 0.6 is 22.6 Å². The van der Waals surface area contributed by atoms with Crippen molar-refractivity contribution in [2.45, 2.75) is 31.3 Å². The molecule has 2 saturated heterocycles. The Labute approximate surface area is 133 Å². The molecule has 0 N–H and O–H groups in total. The van der Waals surface area contributed by atoms with Crippen LogP contribution in [-0.4, -0.2) is 46.8 Å². The van der Waals surface area contributed by atoms with Crippen molar-refractivity contribution < 1.29 is 4.74 Å². The first kappa shape index (κ1) is 12.4. The van der Waals surface area contributed by atoms with Gasteiger partial charge in [-0.15, -0.1) is 0 Å². The molecule has 5 rings (SSSR count). The number of halogens is 1. The molecule has 4 nitrogen and oxygen atoms in total. The summed E-state index contributed by atoms with van der Waals surface area (Å²) < 4.78 is 9.03. The summed E-state index contributed by atoms with van der Waals surface area (Å²) in [5.74, 6) is 4.03. The minimum atomic E-state index is 0.720. The minimum absolute atomic E-state index is 0.720. The molecule has 4 aliphatic rings. The van der Waals surface area contributed by atoms with Crippen molar-refractivity contribution in [2.24, 2.45) is 17.8 Å². The quantitative estimate of drug-likeness (QED) is 0.743. The van der Waals surface area contributed by atoms with Gasteiger partial charge in [-0.3, -0.25) is 4.90 Å². The number of rotatable bonds is 4. The topological polar surface area (TPSA) is 30.3 Å². The summed E-state index contributed by atoms with van der Waals surface area (Å²) in [5, 5.41) is 0. The Hall–Kier alpha value is -0.140. The lowest BCUT2D eigenvalue weighted by atomic mass is 10.2. The highest BCUT2D eigenvalue weighted by molar-refractivity contribution is 14.1. The molecule has 108 valence electrons. The highest BCUT2D eigenvalue weighted by Gasteiger charge is 2.58. The predicted octanol–water partition coefficient (Wildman–Crippen LogP) is 1.94. The number of hydrogen-bond donors (Lipinski definition) is 0. The molecule has 5 heteroatoms. The molecule has 2 aliphatic carbocycles. The van der Waals surface area contributed by atoms with Crippen molar-refractivity contribution in [1.29, 1.82) is 0 Å². The largest absolute Gasteiger partial charge is 0.378 e. The highest BCUT2D eigenvalue weighted by Crippen LogP contribution is 2.56. The van der Waals surface area contributed by atoms with Crippen LogP contribution in [0.5, 0.6) is 0 Å². The van der Waals surface area contributed by atoms with E-state index < -0.39 is 0 Å². The van der Waals surface area contributed by atoms with Crippen molar-refractivity contribution in [1.82, 2.24) is 14.5 Å². The first-order valence-corrected chi connectivity index (χ1v) is 8.92. The van der Waals surface area contributed by atoms with Crippen molar-refractivity contribution in [2.75, 3.05) is 26.3 Å². The summed E-state index contributed by atoms with van der Waals surface area (Å²) in [6.07, 6.45) is 6.32. The second-order valence-corrected chi connectivity index (χ2v) is 8.10. The normalized spacial score (nSPS) is 37.0. The van der Waals surface area contributed by atoms with Gasteiger partial charge in [-0.25, -0.2) is 4.98 Å². The third kappa shape index (κ3) is 1.96. The van der Waals surface area contributed by atoms with Gasteiger partial charge in [0.25, 0.3) is 0 Å². The SMILES string of the molecule is Ic1cn([C@H]2[C@@H]3CN(C4COC4)C[C@@H]32)c(CC2CC2)n1. The number of fused-ring (bicyclic) bond motifs is 1. The summed E-state index contributed by atoms with van der Waals surface area (Å²) in [5.41, 5.74) is 0. The molecular formula is C15H20IN3O. The van der Waals surface area contributed by atoms with E-state index in [9.17, 15) is 0 Å². The van der Waals surface area contributed by atoms with Crippen molar-refractivity contribution in [3.8, 4) is 0 Å². The molecule has 0 bridgehead atoms. The maximum Gasteiger partial charge on any atom is 0.119 e. The maximum atomic E-state index is 5.32. The third-order valence-corrected chi connectivity index (χ3v) is 6.10. The first-order chi connectivity index (χ1) is 9.79. The lowest BCUT2D eigenvalue weighted by Crippen LogP contribution is -2.49. The molecule has 0 aromatic carbocycles. The van der Waals surface area contributed by atoms with E-state index in [1.807, 2.05) is 0 Å². The molecule has 0 spiro atoms. The van der Waals surface area contributed by atoms with Gasteiger partial charge in [0.15, 0.2) is 0 Å². The fraction of sp³-hybridized carbons (Fsp3) is 0.800. The molecule has 2 aliphatic heterocycles. The maximum absolute atomic E-state index is 5.32. The Kier molecular flexibility index (Phi) is 2.75. The van der Waals surface area contributed by atoms with Crippen molar-refractivity contribution in [3.63, 3.8) is 0 Å². The summed E-state index contributed by atoms with van der Waals surface area (Å²) in [6, 6.07) is 1.47. The van der Waals surface area contributed by atoms with Gasteiger partial charge >= 0.3 is 0 Å². The first-order valence-electron chi connectivity index (χ1n) is 7.84. The summed E-state index contributed by atoms with van der Waals surface area (Å²) in [7, 11) is 0. The van der Waals surface area contributed by atoms with Crippen LogP contribution in [-0.2, 0) is 11.2 Å². The average molecular weight is 385 g/mol. The smallest absolute Gasteiger partial charge is 0.119 e. The van der Waals surface area contributed by atoms with E-state index in [0.717, 1.165) is 43.1 Å². The fourth-order valence-corrected chi connectivity index (χ4v) is 4.64. The Morgan fingerprint density at radius 3 is 2.60 bits per heavy atom. The zero-order chi connectivity index (χ0) is 13.3. The fourth-order valence-electron chi connectivity index (χ4n) is 4.06. The van der Waals surface area contributed by atoms with E-state index in [1.54, 1.807) is 0 Å². The Morgan fingerprint density at radius 1 is 1.25 bits per heavy atom. The van der Waals surface area contributed by atoms with Gasteiger partial charge in [0.05, 0.1) is 19.3 Å². The van der Waals surface area contributed by atoms with Crippen LogP contribution < -0.4 is 0 Å². The van der Waals surface area contributed by atoms with Crippen LogP contribution in [0.3, 0.4) is 0 Å². The van der Waals surface area contributed by atoms with Crippen LogP contribution in [0.15, 0.2) is 6.20 Å². The number of aromatic nitrogens is 2. The van der Waals surface area contributed by atoms with Crippen LogP contribution in [0.1, 0.15) is 24.7 Å². The van der Waals surface area contributed by atoms with Gasteiger partial charge in [-0.1, -0.05) is 0 Å². The van der Waals surface area contributed by atoms with Gasteiger partial charge in [0, 0.05) is 31.7 Å². The summed E-state index contributed by atoms with van der Waals surface area (Å²) in [6.45, 7) is 4.47. The Balaban J connectivity index is 1.31. The van der Waals surface area contributed by atoms with E-state index in [-0.39, 0.29) is 0 Å². The molecular weight excluding hydrogens is 365 g/mol. The molecule has 3 atom stereocenters. The third-order valence-electron chi connectivity index (χ3n) is 5.58. The zero-order valence-corrected chi connectivity index (χ0v) is 13.7. The van der Waals surface area contributed by atoms with Crippen LogP contribution in [0.4, 0.5) is 0 Å².